The Morgan fingerprint density at radius 1 is 1.56 bits per heavy atom. The highest BCUT2D eigenvalue weighted by atomic mass is 15.3. The van der Waals surface area contributed by atoms with E-state index in [0.29, 0.717) is 0 Å². The van der Waals surface area contributed by atoms with Crippen LogP contribution in [0.2, 0.25) is 0 Å². The van der Waals surface area contributed by atoms with Gasteiger partial charge < -0.3 is 0 Å². The number of aromatic nitrogens is 3. The van der Waals surface area contributed by atoms with Crippen LogP contribution in [0.3, 0.4) is 0 Å². The third kappa shape index (κ3) is 0.579. The van der Waals surface area contributed by atoms with Crippen molar-refractivity contribution in [3.8, 4) is 0 Å². The van der Waals surface area contributed by atoms with Gasteiger partial charge in [0.1, 0.15) is 5.52 Å². The summed E-state index contributed by atoms with van der Waals surface area (Å²) in [4.78, 5) is 0. The van der Waals surface area contributed by atoms with Crippen molar-refractivity contribution < 1.29 is 0 Å². The maximum atomic E-state index is 3.74. The van der Waals surface area contributed by atoms with Crippen LogP contribution >= 0.6 is 0 Å². The number of hydrogen-bond donors (Lipinski definition) is 1. The highest BCUT2D eigenvalue weighted by Crippen LogP contribution is 2.02. The first-order valence-corrected chi connectivity index (χ1v) is 2.55. The van der Waals surface area contributed by atoms with Gasteiger partial charge in [0, 0.05) is 6.07 Å². The van der Waals surface area contributed by atoms with Crippen LogP contribution in [0.5, 0.6) is 0 Å². The molecule has 2 aromatic rings. The minimum atomic E-state index is 0.758. The van der Waals surface area contributed by atoms with Crippen LogP contribution in [-0.4, -0.2) is 15.4 Å². The summed E-state index contributed by atoms with van der Waals surface area (Å²) in [7, 11) is 0. The predicted molar refractivity (Wildman–Crippen MR) is 31.6 cm³/mol. The molecule has 0 amide bonds. The Morgan fingerprint density at radius 3 is 3.44 bits per heavy atom. The van der Waals surface area contributed by atoms with Crippen molar-refractivity contribution in [1.82, 2.24) is 15.4 Å². The van der Waals surface area contributed by atoms with E-state index in [4.69, 9.17) is 0 Å². The molecule has 0 spiro atoms. The average molecular weight is 117 g/mol. The molecule has 0 aliphatic rings. The molecule has 9 heavy (non-hydrogen) atoms. The van der Waals surface area contributed by atoms with E-state index in [9.17, 15) is 0 Å². The zero-order valence-corrected chi connectivity index (χ0v) is 4.55. The van der Waals surface area contributed by atoms with Crippen LogP contribution in [0.1, 0.15) is 0 Å². The Balaban J connectivity index is 2.95. The molecular weight excluding hydrogens is 114 g/mol. The van der Waals surface area contributed by atoms with E-state index in [0.717, 1.165) is 11.0 Å². The zero-order valence-electron chi connectivity index (χ0n) is 4.55. The molecule has 2 rings (SSSR count). The van der Waals surface area contributed by atoms with Gasteiger partial charge in [-0.15, -0.1) is 5.10 Å². The van der Waals surface area contributed by atoms with Crippen LogP contribution in [0, 0.1) is 12.1 Å². The molecule has 1 aromatic heterocycles. The molecular formula is C6H3N3. The number of benzene rings is 1. The number of nitrogens with one attached hydrogen (secondary N) is 1. The summed E-state index contributed by atoms with van der Waals surface area (Å²) in [5.41, 5.74) is 1.63. The highest BCUT2D eigenvalue weighted by Gasteiger charge is 1.91. The molecule has 2 radical (unpaired) electrons. The van der Waals surface area contributed by atoms with E-state index in [1.807, 2.05) is 0 Å². The number of hydrogen-bond acceptors (Lipinski definition) is 2. The molecule has 0 saturated heterocycles. The van der Waals surface area contributed by atoms with E-state index in [1.165, 1.54) is 0 Å². The van der Waals surface area contributed by atoms with Crippen molar-refractivity contribution in [3.05, 3.63) is 24.3 Å². The van der Waals surface area contributed by atoms with Gasteiger partial charge in [-0.1, -0.05) is 5.21 Å². The molecule has 1 aromatic carbocycles. The lowest BCUT2D eigenvalue weighted by Crippen LogP contribution is -1.65. The number of nitrogens with zero attached hydrogens (tertiary/aromatic N) is 2. The maximum absolute atomic E-state index is 3.74. The Hall–Kier alpha value is -1.38. The summed E-state index contributed by atoms with van der Waals surface area (Å²) in [5.74, 6) is 0. The van der Waals surface area contributed by atoms with Gasteiger partial charge in [0.2, 0.25) is 0 Å². The van der Waals surface area contributed by atoms with Crippen molar-refractivity contribution in [2.45, 2.75) is 0 Å². The molecule has 3 heteroatoms. The van der Waals surface area contributed by atoms with Gasteiger partial charge in [-0.3, -0.25) is 5.10 Å². The average Bonchev–Trinajstić information content (AvgIpc) is 2.33. The fourth-order valence-corrected chi connectivity index (χ4v) is 0.678. The molecule has 3 nitrogen and oxygen atoms in total. The van der Waals surface area contributed by atoms with E-state index < -0.39 is 0 Å². The lowest BCUT2D eigenvalue weighted by molar-refractivity contribution is 0.959. The lowest BCUT2D eigenvalue weighted by atomic mass is 10.3. The van der Waals surface area contributed by atoms with Gasteiger partial charge in [0.15, 0.2) is 0 Å². The van der Waals surface area contributed by atoms with E-state index in [-0.39, 0.29) is 0 Å². The molecule has 0 fully saturated rings. The second kappa shape index (κ2) is 1.55. The fourth-order valence-electron chi connectivity index (χ4n) is 0.678. The summed E-state index contributed by atoms with van der Waals surface area (Å²) in [5, 5.41) is 10.0. The van der Waals surface area contributed by atoms with Crippen molar-refractivity contribution in [1.29, 1.82) is 0 Å². The monoisotopic (exact) mass is 117 g/mol. The van der Waals surface area contributed by atoms with Crippen molar-refractivity contribution >= 4 is 11.0 Å². The van der Waals surface area contributed by atoms with Gasteiger partial charge in [0.25, 0.3) is 0 Å². The van der Waals surface area contributed by atoms with Gasteiger partial charge in [-0.05, 0) is 18.2 Å². The maximum Gasteiger partial charge on any atom is 0.120 e. The summed E-state index contributed by atoms with van der Waals surface area (Å²) >= 11 is 0. The normalized spacial score (nSPS) is 10.2. The van der Waals surface area contributed by atoms with Crippen LogP contribution in [0.15, 0.2) is 12.1 Å². The molecule has 0 saturated carbocycles. The minimum absolute atomic E-state index is 0.758. The number of aromatic amines is 1. The summed E-state index contributed by atoms with van der Waals surface area (Å²) < 4.78 is 0. The molecule has 42 valence electrons. The molecule has 0 aliphatic carbocycles. The topological polar surface area (TPSA) is 41.6 Å². The van der Waals surface area contributed by atoms with Crippen molar-refractivity contribution in [3.63, 3.8) is 0 Å². The molecule has 0 atom stereocenters. The molecule has 0 aliphatic heterocycles. The Labute approximate surface area is 51.7 Å². The first kappa shape index (κ1) is 4.49. The molecule has 1 heterocycles. The number of fused-ring (bicyclic) bond motifs is 1. The van der Waals surface area contributed by atoms with Gasteiger partial charge in [-0.2, -0.15) is 0 Å². The van der Waals surface area contributed by atoms with Gasteiger partial charge in [0.05, 0.1) is 5.52 Å². The number of H-pyrrole nitrogens is 1. The first-order chi connectivity index (χ1) is 4.47. The smallest absolute Gasteiger partial charge is 0.120 e. The second-order valence-corrected chi connectivity index (χ2v) is 1.67. The Bertz CT molecular complexity index is 282. The lowest BCUT2D eigenvalue weighted by Gasteiger charge is -1.77. The Morgan fingerprint density at radius 2 is 2.56 bits per heavy atom. The Kier molecular flexibility index (Phi) is 0.773. The molecule has 1 N–H and O–H groups in total. The second-order valence-electron chi connectivity index (χ2n) is 1.67. The SMILES string of the molecule is [c]1c[c]c2nn[nH]c2c1. The molecule has 0 unspecified atom stereocenters. The quantitative estimate of drug-likeness (QED) is 0.547. The minimum Gasteiger partial charge on any atom is -0.257 e. The largest absolute Gasteiger partial charge is 0.257 e. The zero-order chi connectivity index (χ0) is 6.10. The van der Waals surface area contributed by atoms with E-state index >= 15 is 0 Å². The standard InChI is InChI=1S/C6H3N3/c1-2-4-6-5(3-1)7-9-8-6/h1,4H,(H,7,8,9). The third-order valence-electron chi connectivity index (χ3n) is 1.10. The van der Waals surface area contributed by atoms with Gasteiger partial charge in [-0.25, -0.2) is 0 Å². The van der Waals surface area contributed by atoms with Crippen molar-refractivity contribution in [2.24, 2.45) is 0 Å². The van der Waals surface area contributed by atoms with Crippen LogP contribution in [0.25, 0.3) is 11.0 Å². The first-order valence-electron chi connectivity index (χ1n) is 2.55. The third-order valence-corrected chi connectivity index (χ3v) is 1.10. The number of rotatable bonds is 0. The predicted octanol–water partition coefficient (Wildman–Crippen LogP) is 0.558. The van der Waals surface area contributed by atoms with Crippen molar-refractivity contribution in [2.75, 3.05) is 0 Å². The van der Waals surface area contributed by atoms with Crippen LogP contribution in [0.4, 0.5) is 0 Å². The molecule has 0 bridgehead atoms. The summed E-state index contributed by atoms with van der Waals surface area (Å²) in [6.07, 6.45) is 0. The fraction of sp³-hybridized carbons (Fsp3) is 0. The summed E-state index contributed by atoms with van der Waals surface area (Å²) in [6, 6.07) is 9.19. The van der Waals surface area contributed by atoms with Crippen LogP contribution in [-0.2, 0) is 0 Å². The summed E-state index contributed by atoms with van der Waals surface area (Å²) in [6.45, 7) is 0. The van der Waals surface area contributed by atoms with E-state index in [2.05, 4.69) is 27.5 Å². The van der Waals surface area contributed by atoms with E-state index in [1.54, 1.807) is 12.1 Å². The van der Waals surface area contributed by atoms with Crippen LogP contribution < -0.4 is 0 Å². The van der Waals surface area contributed by atoms with Gasteiger partial charge >= 0.3 is 0 Å². The highest BCUT2D eigenvalue weighted by molar-refractivity contribution is 5.71.